The molecule has 3 nitrogen and oxygen atoms in total. The summed E-state index contributed by atoms with van der Waals surface area (Å²) in [5, 5.41) is 1.19. The maximum Gasteiger partial charge on any atom is 0.134 e. The molecule has 3 rings (SSSR count). The number of fused-ring (bicyclic) bond motifs is 1. The Kier molecular flexibility index (Phi) is 3.10. The summed E-state index contributed by atoms with van der Waals surface area (Å²) in [6.45, 7) is 5.23. The van der Waals surface area contributed by atoms with Crippen LogP contribution in [0, 0.1) is 5.92 Å². The van der Waals surface area contributed by atoms with Crippen LogP contribution in [0.4, 0.5) is 0 Å². The Bertz CT molecular complexity index is 499. The number of hydrogen-bond donors (Lipinski definition) is 1. The van der Waals surface area contributed by atoms with Gasteiger partial charge in [-0.3, -0.25) is 4.90 Å². The van der Waals surface area contributed by atoms with Crippen molar-refractivity contribution in [1.82, 2.24) is 4.90 Å². The van der Waals surface area contributed by atoms with Crippen LogP contribution >= 0.6 is 0 Å². The van der Waals surface area contributed by atoms with Crippen LogP contribution < -0.4 is 5.73 Å². The predicted molar refractivity (Wildman–Crippen MR) is 73.2 cm³/mol. The van der Waals surface area contributed by atoms with Crippen LogP contribution in [0.3, 0.4) is 0 Å². The van der Waals surface area contributed by atoms with Crippen molar-refractivity contribution in [3.63, 3.8) is 0 Å². The van der Waals surface area contributed by atoms with Crippen molar-refractivity contribution in [2.75, 3.05) is 13.1 Å². The van der Waals surface area contributed by atoms with E-state index in [4.69, 9.17) is 10.2 Å². The largest absolute Gasteiger partial charge is 0.460 e. The molecule has 1 aliphatic heterocycles. The van der Waals surface area contributed by atoms with E-state index >= 15 is 0 Å². The highest BCUT2D eigenvalue weighted by Crippen LogP contribution is 2.24. The van der Waals surface area contributed by atoms with E-state index in [2.05, 4.69) is 24.0 Å². The lowest BCUT2D eigenvalue weighted by Gasteiger charge is -2.16. The molecule has 2 atom stereocenters. The lowest BCUT2D eigenvalue weighted by molar-refractivity contribution is 0.284. The Morgan fingerprint density at radius 3 is 3.00 bits per heavy atom. The number of likely N-dealkylation sites (tertiary alicyclic amines) is 1. The average Bonchev–Trinajstić information content (AvgIpc) is 2.94. The minimum absolute atomic E-state index is 0.297. The molecule has 3 heteroatoms. The fraction of sp³-hybridized carbons (Fsp3) is 0.467. The van der Waals surface area contributed by atoms with Crippen molar-refractivity contribution in [2.24, 2.45) is 11.7 Å². The third-order valence-corrected chi connectivity index (χ3v) is 3.91. The minimum Gasteiger partial charge on any atom is -0.460 e. The van der Waals surface area contributed by atoms with Crippen molar-refractivity contribution in [3.8, 4) is 0 Å². The summed E-state index contributed by atoms with van der Waals surface area (Å²) in [6, 6.07) is 10.6. The molecule has 2 N–H and O–H groups in total. The molecule has 0 amide bonds. The highest BCUT2D eigenvalue weighted by atomic mass is 16.3. The van der Waals surface area contributed by atoms with Crippen molar-refractivity contribution < 1.29 is 4.42 Å². The molecular formula is C15H20N2O. The Labute approximate surface area is 108 Å². The van der Waals surface area contributed by atoms with Gasteiger partial charge in [0.25, 0.3) is 0 Å². The summed E-state index contributed by atoms with van der Waals surface area (Å²) in [5.74, 6) is 1.69. The van der Waals surface area contributed by atoms with Crippen LogP contribution in [0.25, 0.3) is 11.0 Å². The zero-order valence-electron chi connectivity index (χ0n) is 10.8. The zero-order valence-corrected chi connectivity index (χ0v) is 10.8. The van der Waals surface area contributed by atoms with E-state index in [1.165, 1.54) is 11.8 Å². The lowest BCUT2D eigenvalue weighted by Crippen LogP contribution is -2.29. The van der Waals surface area contributed by atoms with E-state index in [9.17, 15) is 0 Å². The summed E-state index contributed by atoms with van der Waals surface area (Å²) < 4.78 is 5.85. The van der Waals surface area contributed by atoms with Gasteiger partial charge in [0, 0.05) is 18.0 Å². The molecule has 2 unspecified atom stereocenters. The standard InChI is InChI=1S/C15H20N2O/c1-11(16)13-6-7-17(9-13)10-14-8-12-4-2-3-5-15(12)18-14/h2-5,8,11,13H,6-7,9-10,16H2,1H3. The monoisotopic (exact) mass is 244 g/mol. The fourth-order valence-corrected chi connectivity index (χ4v) is 2.77. The van der Waals surface area contributed by atoms with Gasteiger partial charge >= 0.3 is 0 Å². The van der Waals surface area contributed by atoms with Gasteiger partial charge in [-0.15, -0.1) is 0 Å². The van der Waals surface area contributed by atoms with Crippen molar-refractivity contribution >= 4 is 11.0 Å². The van der Waals surface area contributed by atoms with Crippen LogP contribution in [0.5, 0.6) is 0 Å². The molecule has 2 heterocycles. The maximum absolute atomic E-state index is 5.96. The lowest BCUT2D eigenvalue weighted by atomic mass is 10.0. The van der Waals surface area contributed by atoms with Crippen molar-refractivity contribution in [3.05, 3.63) is 36.1 Å². The van der Waals surface area contributed by atoms with Gasteiger partial charge in [0.2, 0.25) is 0 Å². The predicted octanol–water partition coefficient (Wildman–Crippen LogP) is 2.60. The molecule has 0 spiro atoms. The van der Waals surface area contributed by atoms with Gasteiger partial charge in [0.1, 0.15) is 11.3 Å². The molecule has 0 saturated carbocycles. The molecule has 1 aromatic carbocycles. The highest BCUT2D eigenvalue weighted by Gasteiger charge is 2.25. The molecule has 1 aromatic heterocycles. The van der Waals surface area contributed by atoms with Crippen molar-refractivity contribution in [2.45, 2.75) is 25.9 Å². The number of hydrogen-bond acceptors (Lipinski definition) is 3. The first-order valence-electron chi connectivity index (χ1n) is 6.68. The Balaban J connectivity index is 1.70. The molecule has 0 bridgehead atoms. The Morgan fingerprint density at radius 2 is 2.28 bits per heavy atom. The van der Waals surface area contributed by atoms with E-state index in [1.807, 2.05) is 18.2 Å². The SMILES string of the molecule is CC(N)C1CCN(Cc2cc3ccccc3o2)C1. The number of rotatable bonds is 3. The second kappa shape index (κ2) is 4.75. The highest BCUT2D eigenvalue weighted by molar-refractivity contribution is 5.77. The van der Waals surface area contributed by atoms with E-state index in [1.54, 1.807) is 0 Å². The molecule has 0 aliphatic carbocycles. The van der Waals surface area contributed by atoms with Crippen LogP contribution in [0.1, 0.15) is 19.1 Å². The van der Waals surface area contributed by atoms with E-state index in [0.717, 1.165) is 31.0 Å². The van der Waals surface area contributed by atoms with Gasteiger partial charge in [-0.05, 0) is 37.9 Å². The quantitative estimate of drug-likeness (QED) is 0.902. The first kappa shape index (κ1) is 11.8. The molecule has 96 valence electrons. The van der Waals surface area contributed by atoms with Gasteiger partial charge < -0.3 is 10.2 Å². The second-order valence-corrected chi connectivity index (χ2v) is 5.39. The van der Waals surface area contributed by atoms with Gasteiger partial charge in [0.05, 0.1) is 6.54 Å². The second-order valence-electron chi connectivity index (χ2n) is 5.39. The van der Waals surface area contributed by atoms with Crippen LogP contribution in [0.2, 0.25) is 0 Å². The van der Waals surface area contributed by atoms with Crippen LogP contribution in [-0.2, 0) is 6.54 Å². The fourth-order valence-electron chi connectivity index (χ4n) is 2.77. The molecule has 1 fully saturated rings. The zero-order chi connectivity index (χ0) is 12.5. The molecule has 2 aromatic rings. The van der Waals surface area contributed by atoms with Gasteiger partial charge in [-0.1, -0.05) is 18.2 Å². The molecule has 18 heavy (non-hydrogen) atoms. The smallest absolute Gasteiger partial charge is 0.134 e. The normalized spacial score (nSPS) is 22.7. The van der Waals surface area contributed by atoms with Gasteiger partial charge in [-0.2, -0.15) is 0 Å². The van der Waals surface area contributed by atoms with Crippen molar-refractivity contribution in [1.29, 1.82) is 0 Å². The number of para-hydroxylation sites is 1. The molecular weight excluding hydrogens is 224 g/mol. The first-order chi connectivity index (χ1) is 8.72. The summed E-state index contributed by atoms with van der Waals surface area (Å²) in [7, 11) is 0. The number of benzene rings is 1. The minimum atomic E-state index is 0.297. The van der Waals surface area contributed by atoms with E-state index in [0.29, 0.717) is 12.0 Å². The average molecular weight is 244 g/mol. The summed E-state index contributed by atoms with van der Waals surface area (Å²) >= 11 is 0. The van der Waals surface area contributed by atoms with Gasteiger partial charge in [-0.25, -0.2) is 0 Å². The maximum atomic E-state index is 5.96. The Morgan fingerprint density at radius 1 is 1.44 bits per heavy atom. The topological polar surface area (TPSA) is 42.4 Å². The van der Waals surface area contributed by atoms with E-state index < -0.39 is 0 Å². The van der Waals surface area contributed by atoms with Crippen LogP contribution in [-0.4, -0.2) is 24.0 Å². The molecule has 1 aliphatic rings. The number of nitrogens with two attached hydrogens (primary N) is 1. The third-order valence-electron chi connectivity index (χ3n) is 3.91. The van der Waals surface area contributed by atoms with Crippen LogP contribution in [0.15, 0.2) is 34.7 Å². The summed E-state index contributed by atoms with van der Waals surface area (Å²) in [5.41, 5.74) is 6.95. The first-order valence-corrected chi connectivity index (χ1v) is 6.68. The number of nitrogens with zero attached hydrogens (tertiary/aromatic N) is 1. The number of furan rings is 1. The van der Waals surface area contributed by atoms with Gasteiger partial charge in [0.15, 0.2) is 0 Å². The third kappa shape index (κ3) is 2.28. The molecule has 0 radical (unpaired) electrons. The Hall–Kier alpha value is -1.32. The van der Waals surface area contributed by atoms with E-state index in [-0.39, 0.29) is 0 Å². The molecule has 1 saturated heterocycles. The summed E-state index contributed by atoms with van der Waals surface area (Å²) in [4.78, 5) is 2.44. The summed E-state index contributed by atoms with van der Waals surface area (Å²) in [6.07, 6.45) is 1.21.